The van der Waals surface area contributed by atoms with E-state index in [1.54, 1.807) is 7.11 Å². The predicted octanol–water partition coefficient (Wildman–Crippen LogP) is 5.28. The number of nitrogens with zero attached hydrogens (tertiary/aromatic N) is 2. The van der Waals surface area contributed by atoms with Crippen LogP contribution < -0.4 is 14.8 Å². The first kappa shape index (κ1) is 23.8. The van der Waals surface area contributed by atoms with Gasteiger partial charge in [-0.1, -0.05) is 19.1 Å². The van der Waals surface area contributed by atoms with E-state index in [-0.39, 0.29) is 17.9 Å². The van der Waals surface area contributed by atoms with Gasteiger partial charge in [-0.25, -0.2) is 5.01 Å². The maximum Gasteiger partial charge on any atom is 0.243 e. The van der Waals surface area contributed by atoms with E-state index >= 15 is 0 Å². The van der Waals surface area contributed by atoms with E-state index in [0.29, 0.717) is 31.6 Å². The third-order valence-electron chi connectivity index (χ3n) is 6.24. The molecule has 1 aliphatic heterocycles. The van der Waals surface area contributed by atoms with Crippen LogP contribution >= 0.6 is 0 Å². The molecule has 1 N–H and O–H groups in total. The molecule has 7 nitrogen and oxygen atoms in total. The van der Waals surface area contributed by atoms with Gasteiger partial charge in [0, 0.05) is 30.5 Å². The minimum atomic E-state index is 0.0000147. The number of ether oxygens (including phenoxy) is 2. The van der Waals surface area contributed by atoms with Crippen molar-refractivity contribution in [2.45, 2.75) is 70.9 Å². The van der Waals surface area contributed by atoms with Crippen molar-refractivity contribution in [2.24, 2.45) is 5.10 Å². The summed E-state index contributed by atoms with van der Waals surface area (Å²) in [5.41, 5.74) is 3.51. The van der Waals surface area contributed by atoms with E-state index in [9.17, 15) is 9.59 Å². The number of hydrogen-bond donors (Lipinski definition) is 1. The summed E-state index contributed by atoms with van der Waals surface area (Å²) < 4.78 is 11.7. The van der Waals surface area contributed by atoms with Crippen LogP contribution in [0.5, 0.6) is 11.5 Å². The summed E-state index contributed by atoms with van der Waals surface area (Å²) >= 11 is 0. The van der Waals surface area contributed by atoms with Crippen molar-refractivity contribution in [2.75, 3.05) is 12.4 Å². The molecular weight excluding hydrogens is 430 g/mol. The van der Waals surface area contributed by atoms with E-state index in [1.165, 1.54) is 17.9 Å². The Bertz CT molecular complexity index is 1040. The fourth-order valence-corrected chi connectivity index (χ4v) is 4.38. The smallest absolute Gasteiger partial charge is 0.243 e. The molecule has 2 aromatic carbocycles. The summed E-state index contributed by atoms with van der Waals surface area (Å²) in [5.74, 6) is 1.45. The first-order valence-corrected chi connectivity index (χ1v) is 12.2. The monoisotopic (exact) mass is 463 g/mol. The van der Waals surface area contributed by atoms with Gasteiger partial charge in [0.05, 0.1) is 25.5 Å². The Morgan fingerprint density at radius 3 is 2.56 bits per heavy atom. The largest absolute Gasteiger partial charge is 0.493 e. The Morgan fingerprint density at radius 2 is 1.85 bits per heavy atom. The van der Waals surface area contributed by atoms with Gasteiger partial charge in [-0.3, -0.25) is 9.59 Å². The fourth-order valence-electron chi connectivity index (χ4n) is 4.38. The lowest BCUT2D eigenvalue weighted by Crippen LogP contribution is -2.31. The van der Waals surface area contributed by atoms with Crippen LogP contribution in [-0.4, -0.2) is 35.7 Å². The normalized spacial score (nSPS) is 16.4. The van der Waals surface area contributed by atoms with Gasteiger partial charge >= 0.3 is 0 Å². The van der Waals surface area contributed by atoms with Crippen LogP contribution in [0.15, 0.2) is 47.6 Å². The van der Waals surface area contributed by atoms with Crippen LogP contribution in [0.1, 0.15) is 69.4 Å². The lowest BCUT2D eigenvalue weighted by molar-refractivity contribution is -0.132. The van der Waals surface area contributed by atoms with Crippen LogP contribution in [-0.2, 0) is 16.1 Å². The van der Waals surface area contributed by atoms with Crippen LogP contribution in [0, 0.1) is 0 Å². The van der Waals surface area contributed by atoms with Gasteiger partial charge in [-0.2, -0.15) is 5.10 Å². The molecule has 7 heteroatoms. The van der Waals surface area contributed by atoms with Gasteiger partial charge in [-0.15, -0.1) is 0 Å². The molecule has 0 radical (unpaired) electrons. The molecule has 2 aromatic rings. The molecular formula is C27H33N3O4. The molecule has 0 unspecified atom stereocenters. The fraction of sp³-hybridized carbons (Fsp3) is 0.444. The highest BCUT2D eigenvalue weighted by molar-refractivity contribution is 6.04. The molecule has 0 saturated heterocycles. The van der Waals surface area contributed by atoms with Gasteiger partial charge in [0.25, 0.3) is 0 Å². The van der Waals surface area contributed by atoms with Crippen molar-refractivity contribution in [1.29, 1.82) is 0 Å². The SMILES string of the molecule is CCCC(=O)Nc1ccc(CN2N=C(c3ccc(OC)c(OC4CCCC4)c3)CCC2=O)cc1. The zero-order valence-corrected chi connectivity index (χ0v) is 20.0. The minimum absolute atomic E-state index is 0.0000147. The van der Waals surface area contributed by atoms with Crippen LogP contribution in [0.2, 0.25) is 0 Å². The molecule has 0 aromatic heterocycles. The molecule has 4 rings (SSSR count). The number of carbonyl (C=O) groups excluding carboxylic acids is 2. The molecule has 2 amide bonds. The standard InChI is InChI=1S/C27H33N3O4/c1-3-6-26(31)28-21-12-9-19(10-13-21)18-30-27(32)16-14-23(29-30)20-11-15-24(33-2)25(17-20)34-22-7-4-5-8-22/h9-13,15,17,22H,3-8,14,16,18H2,1-2H3,(H,28,31). The van der Waals surface area contributed by atoms with Crippen LogP contribution in [0.3, 0.4) is 0 Å². The predicted molar refractivity (Wildman–Crippen MR) is 132 cm³/mol. The minimum Gasteiger partial charge on any atom is -0.493 e. The quantitative estimate of drug-likeness (QED) is 0.549. The highest BCUT2D eigenvalue weighted by Crippen LogP contribution is 2.33. The molecule has 0 bridgehead atoms. The Labute approximate surface area is 201 Å². The molecule has 1 saturated carbocycles. The molecule has 1 fully saturated rings. The summed E-state index contributed by atoms with van der Waals surface area (Å²) in [6.07, 6.45) is 7.07. The Morgan fingerprint density at radius 1 is 1.09 bits per heavy atom. The summed E-state index contributed by atoms with van der Waals surface area (Å²) in [7, 11) is 1.65. The van der Waals surface area contributed by atoms with E-state index in [0.717, 1.165) is 47.5 Å². The van der Waals surface area contributed by atoms with E-state index in [1.807, 2.05) is 49.4 Å². The maximum atomic E-state index is 12.6. The number of methoxy groups -OCH3 is 1. The summed E-state index contributed by atoms with van der Waals surface area (Å²) in [4.78, 5) is 24.4. The Balaban J connectivity index is 1.48. The number of benzene rings is 2. The molecule has 2 aliphatic rings. The molecule has 0 spiro atoms. The van der Waals surface area contributed by atoms with Crippen LogP contribution in [0.4, 0.5) is 5.69 Å². The van der Waals surface area contributed by atoms with Crippen molar-refractivity contribution in [3.05, 3.63) is 53.6 Å². The number of amides is 2. The van der Waals surface area contributed by atoms with Gasteiger partial charge in [0.15, 0.2) is 11.5 Å². The van der Waals surface area contributed by atoms with Gasteiger partial charge < -0.3 is 14.8 Å². The van der Waals surface area contributed by atoms with Gasteiger partial charge in [-0.05, 0) is 68.0 Å². The third-order valence-corrected chi connectivity index (χ3v) is 6.24. The van der Waals surface area contributed by atoms with Crippen molar-refractivity contribution >= 4 is 23.2 Å². The second kappa shape index (κ2) is 11.2. The van der Waals surface area contributed by atoms with E-state index in [2.05, 4.69) is 10.4 Å². The zero-order chi connectivity index (χ0) is 23.9. The van der Waals surface area contributed by atoms with Crippen molar-refractivity contribution in [1.82, 2.24) is 5.01 Å². The summed E-state index contributed by atoms with van der Waals surface area (Å²) in [6, 6.07) is 13.4. The highest BCUT2D eigenvalue weighted by Gasteiger charge is 2.23. The molecule has 1 aliphatic carbocycles. The highest BCUT2D eigenvalue weighted by atomic mass is 16.5. The van der Waals surface area contributed by atoms with Gasteiger partial charge in [0.1, 0.15) is 0 Å². The second-order valence-electron chi connectivity index (χ2n) is 8.88. The van der Waals surface area contributed by atoms with Crippen molar-refractivity contribution in [3.8, 4) is 11.5 Å². The maximum absolute atomic E-state index is 12.6. The molecule has 34 heavy (non-hydrogen) atoms. The number of anilines is 1. The topological polar surface area (TPSA) is 80.2 Å². The number of hydrazone groups is 1. The third kappa shape index (κ3) is 5.95. The van der Waals surface area contributed by atoms with E-state index < -0.39 is 0 Å². The molecule has 180 valence electrons. The molecule has 0 atom stereocenters. The summed E-state index contributed by atoms with van der Waals surface area (Å²) in [6.45, 7) is 2.36. The first-order chi connectivity index (χ1) is 16.6. The number of carbonyl (C=O) groups is 2. The lowest BCUT2D eigenvalue weighted by Gasteiger charge is -2.24. The molecule has 1 heterocycles. The van der Waals surface area contributed by atoms with E-state index in [4.69, 9.17) is 9.47 Å². The zero-order valence-electron chi connectivity index (χ0n) is 20.0. The van der Waals surface area contributed by atoms with Crippen molar-refractivity contribution < 1.29 is 19.1 Å². The number of nitrogens with one attached hydrogen (secondary N) is 1. The lowest BCUT2D eigenvalue weighted by atomic mass is 10.0. The Kier molecular flexibility index (Phi) is 7.83. The Hall–Kier alpha value is -3.35. The number of hydrogen-bond acceptors (Lipinski definition) is 5. The van der Waals surface area contributed by atoms with Crippen LogP contribution in [0.25, 0.3) is 0 Å². The first-order valence-electron chi connectivity index (χ1n) is 12.2. The average Bonchev–Trinajstić information content (AvgIpc) is 3.35. The number of rotatable bonds is 9. The second-order valence-corrected chi connectivity index (χ2v) is 8.88. The summed E-state index contributed by atoms with van der Waals surface area (Å²) in [5, 5.41) is 9.10. The van der Waals surface area contributed by atoms with Crippen molar-refractivity contribution in [3.63, 3.8) is 0 Å². The average molecular weight is 464 g/mol. The van der Waals surface area contributed by atoms with Gasteiger partial charge in [0.2, 0.25) is 11.8 Å².